The Hall–Kier alpha value is -1.32. The zero-order valence-corrected chi connectivity index (χ0v) is 6.92. The first-order valence-corrected chi connectivity index (χ1v) is 3.97. The number of nitrogens with two attached hydrogens (primary N) is 1. The van der Waals surface area contributed by atoms with Crippen molar-refractivity contribution in [2.24, 2.45) is 0 Å². The van der Waals surface area contributed by atoms with Crippen molar-refractivity contribution in [1.29, 1.82) is 0 Å². The summed E-state index contributed by atoms with van der Waals surface area (Å²) >= 11 is 0. The average molecular weight is 165 g/mol. The van der Waals surface area contributed by atoms with Gasteiger partial charge in [-0.05, 0) is 12.8 Å². The highest BCUT2D eigenvalue weighted by atomic mass is 16.1. The lowest BCUT2D eigenvalue weighted by atomic mass is 10.1. The lowest BCUT2D eigenvalue weighted by Crippen LogP contribution is -2.17. The van der Waals surface area contributed by atoms with Crippen LogP contribution < -0.4 is 11.3 Å². The van der Waals surface area contributed by atoms with E-state index in [0.717, 1.165) is 18.7 Å². The fraction of sp³-hybridized carbons (Fsp3) is 0.500. The second-order valence-electron chi connectivity index (χ2n) is 3.58. The topological polar surface area (TPSA) is 71.8 Å². The summed E-state index contributed by atoms with van der Waals surface area (Å²) in [5.74, 6) is 1.04. The monoisotopic (exact) mass is 165 g/mol. The van der Waals surface area contributed by atoms with E-state index in [1.807, 2.05) is 0 Å². The van der Waals surface area contributed by atoms with Crippen molar-refractivity contribution in [1.82, 2.24) is 9.97 Å². The first kappa shape index (κ1) is 7.34. The number of aromatic amines is 1. The maximum absolute atomic E-state index is 11.0. The van der Waals surface area contributed by atoms with E-state index in [4.69, 9.17) is 5.73 Å². The first-order valence-electron chi connectivity index (χ1n) is 3.97. The number of hydrogen-bond donors (Lipinski definition) is 2. The SMILES string of the molecule is CC1(c2nc(N)cc(=O)[nH]2)CC1. The number of aromatic nitrogens is 2. The van der Waals surface area contributed by atoms with Crippen LogP contribution in [0.2, 0.25) is 0 Å². The van der Waals surface area contributed by atoms with E-state index < -0.39 is 0 Å². The van der Waals surface area contributed by atoms with Crippen LogP contribution in [0.5, 0.6) is 0 Å². The van der Waals surface area contributed by atoms with Crippen LogP contribution in [0.25, 0.3) is 0 Å². The van der Waals surface area contributed by atoms with Crippen LogP contribution in [-0.4, -0.2) is 9.97 Å². The highest BCUT2D eigenvalue weighted by molar-refractivity contribution is 5.29. The smallest absolute Gasteiger partial charge is 0.252 e. The molecule has 2 rings (SSSR count). The standard InChI is InChI=1S/C8H11N3O/c1-8(2-3-8)7-10-5(9)4-6(12)11-7/h4H,2-3H2,1H3,(H3,9,10,11,12). The third kappa shape index (κ3) is 1.09. The zero-order chi connectivity index (χ0) is 8.77. The molecule has 0 radical (unpaired) electrons. The maximum atomic E-state index is 11.0. The fourth-order valence-electron chi connectivity index (χ4n) is 1.19. The number of hydrogen-bond acceptors (Lipinski definition) is 3. The molecule has 0 unspecified atom stereocenters. The minimum atomic E-state index is -0.161. The van der Waals surface area contributed by atoms with Crippen LogP contribution in [0.15, 0.2) is 10.9 Å². The van der Waals surface area contributed by atoms with Gasteiger partial charge in [0.25, 0.3) is 5.56 Å². The van der Waals surface area contributed by atoms with Gasteiger partial charge in [0.2, 0.25) is 0 Å². The molecular formula is C8H11N3O. The van der Waals surface area contributed by atoms with Gasteiger partial charge in [-0.2, -0.15) is 0 Å². The number of nitrogen functional groups attached to an aromatic ring is 1. The molecule has 0 spiro atoms. The molecule has 1 aromatic heterocycles. The molecule has 4 nitrogen and oxygen atoms in total. The molecule has 0 bridgehead atoms. The maximum Gasteiger partial charge on any atom is 0.252 e. The number of anilines is 1. The fourth-order valence-corrected chi connectivity index (χ4v) is 1.19. The van der Waals surface area contributed by atoms with Gasteiger partial charge in [-0.15, -0.1) is 0 Å². The van der Waals surface area contributed by atoms with E-state index in [1.54, 1.807) is 0 Å². The molecule has 0 aromatic carbocycles. The zero-order valence-electron chi connectivity index (χ0n) is 6.92. The van der Waals surface area contributed by atoms with Crippen molar-refractivity contribution in [3.63, 3.8) is 0 Å². The largest absolute Gasteiger partial charge is 0.383 e. The molecule has 1 aliphatic rings. The first-order chi connectivity index (χ1) is 5.60. The summed E-state index contributed by atoms with van der Waals surface area (Å²) in [7, 11) is 0. The van der Waals surface area contributed by atoms with E-state index in [1.165, 1.54) is 6.07 Å². The molecule has 0 saturated heterocycles. The summed E-state index contributed by atoms with van der Waals surface area (Å²) < 4.78 is 0. The Morgan fingerprint density at radius 2 is 2.33 bits per heavy atom. The number of H-pyrrole nitrogens is 1. The molecule has 1 saturated carbocycles. The molecule has 4 heteroatoms. The summed E-state index contributed by atoms with van der Waals surface area (Å²) in [6, 6.07) is 1.30. The van der Waals surface area contributed by atoms with Crippen LogP contribution in [0, 0.1) is 0 Å². The Labute approximate surface area is 69.8 Å². The Bertz CT molecular complexity index is 365. The van der Waals surface area contributed by atoms with E-state index >= 15 is 0 Å². The van der Waals surface area contributed by atoms with E-state index in [9.17, 15) is 4.79 Å². The molecule has 0 aliphatic heterocycles. The average Bonchev–Trinajstić information content (AvgIpc) is 2.67. The predicted octanol–water partition coefficient (Wildman–Crippen LogP) is 0.404. The van der Waals surface area contributed by atoms with Crippen molar-refractivity contribution in [2.75, 3.05) is 5.73 Å². The van der Waals surface area contributed by atoms with Crippen LogP contribution >= 0.6 is 0 Å². The van der Waals surface area contributed by atoms with Crippen LogP contribution in [0.3, 0.4) is 0 Å². The molecule has 12 heavy (non-hydrogen) atoms. The predicted molar refractivity (Wildman–Crippen MR) is 45.9 cm³/mol. The molecule has 1 heterocycles. The second-order valence-corrected chi connectivity index (χ2v) is 3.58. The lowest BCUT2D eigenvalue weighted by molar-refractivity contribution is 0.705. The molecule has 1 fully saturated rings. The molecule has 1 aromatic rings. The summed E-state index contributed by atoms with van der Waals surface area (Å²) in [6.07, 6.45) is 2.17. The third-order valence-electron chi connectivity index (χ3n) is 2.33. The van der Waals surface area contributed by atoms with Gasteiger partial charge < -0.3 is 10.7 Å². The minimum absolute atomic E-state index is 0.0779. The van der Waals surface area contributed by atoms with Crippen molar-refractivity contribution in [2.45, 2.75) is 25.2 Å². The van der Waals surface area contributed by atoms with Crippen molar-refractivity contribution in [3.05, 3.63) is 22.2 Å². The lowest BCUT2D eigenvalue weighted by Gasteiger charge is -2.06. The Morgan fingerprint density at radius 1 is 1.67 bits per heavy atom. The molecule has 64 valence electrons. The summed E-state index contributed by atoms with van der Waals surface area (Å²) in [6.45, 7) is 2.07. The van der Waals surface area contributed by atoms with Gasteiger partial charge in [0, 0.05) is 11.5 Å². The Morgan fingerprint density at radius 3 is 2.83 bits per heavy atom. The van der Waals surface area contributed by atoms with Gasteiger partial charge in [-0.25, -0.2) is 4.98 Å². The van der Waals surface area contributed by atoms with Crippen LogP contribution in [0.4, 0.5) is 5.82 Å². The summed E-state index contributed by atoms with van der Waals surface area (Å²) in [4.78, 5) is 17.8. The van der Waals surface area contributed by atoms with Gasteiger partial charge in [-0.3, -0.25) is 4.79 Å². The number of nitrogens with zero attached hydrogens (tertiary/aromatic N) is 1. The third-order valence-corrected chi connectivity index (χ3v) is 2.33. The molecule has 1 aliphatic carbocycles. The second kappa shape index (κ2) is 2.09. The summed E-state index contributed by atoms with van der Waals surface area (Å²) in [5, 5.41) is 0. The molecule has 3 N–H and O–H groups in total. The van der Waals surface area contributed by atoms with Gasteiger partial charge in [-0.1, -0.05) is 6.92 Å². The molecule has 0 amide bonds. The van der Waals surface area contributed by atoms with Gasteiger partial charge in [0.05, 0.1) is 0 Å². The van der Waals surface area contributed by atoms with Gasteiger partial charge in [0.15, 0.2) is 0 Å². The summed E-state index contributed by atoms with van der Waals surface area (Å²) in [5.41, 5.74) is 5.37. The highest BCUT2D eigenvalue weighted by Crippen LogP contribution is 2.45. The Kier molecular flexibility index (Phi) is 1.28. The number of nitrogens with one attached hydrogen (secondary N) is 1. The Balaban J connectivity index is 2.51. The quantitative estimate of drug-likeness (QED) is 0.632. The van der Waals surface area contributed by atoms with E-state index in [-0.39, 0.29) is 11.0 Å². The van der Waals surface area contributed by atoms with Gasteiger partial charge in [0.1, 0.15) is 11.6 Å². The normalized spacial score (nSPS) is 19.1. The highest BCUT2D eigenvalue weighted by Gasteiger charge is 2.41. The van der Waals surface area contributed by atoms with Crippen molar-refractivity contribution >= 4 is 5.82 Å². The number of rotatable bonds is 1. The van der Waals surface area contributed by atoms with Crippen LogP contribution in [0.1, 0.15) is 25.6 Å². The van der Waals surface area contributed by atoms with Crippen LogP contribution in [-0.2, 0) is 5.41 Å². The molecule has 0 atom stereocenters. The van der Waals surface area contributed by atoms with E-state index in [0.29, 0.717) is 5.82 Å². The minimum Gasteiger partial charge on any atom is -0.383 e. The van der Waals surface area contributed by atoms with Crippen molar-refractivity contribution < 1.29 is 0 Å². The molecular weight excluding hydrogens is 154 g/mol. The van der Waals surface area contributed by atoms with E-state index in [2.05, 4.69) is 16.9 Å². The van der Waals surface area contributed by atoms with Gasteiger partial charge >= 0.3 is 0 Å². The van der Waals surface area contributed by atoms with Crippen molar-refractivity contribution in [3.8, 4) is 0 Å².